The van der Waals surface area contributed by atoms with Crippen molar-refractivity contribution in [2.24, 2.45) is 0 Å². The molecule has 0 atom stereocenters. The van der Waals surface area contributed by atoms with Crippen LogP contribution in [0.4, 0.5) is 0 Å². The second-order valence-corrected chi connectivity index (χ2v) is 6.87. The molecule has 2 rings (SSSR count). The van der Waals surface area contributed by atoms with Crippen molar-refractivity contribution in [2.75, 3.05) is 13.2 Å². The second kappa shape index (κ2) is 8.00. The summed E-state index contributed by atoms with van der Waals surface area (Å²) in [6.45, 7) is 2.93. The number of ether oxygens (including phenoxy) is 1. The van der Waals surface area contributed by atoms with Crippen molar-refractivity contribution in [1.82, 2.24) is 5.32 Å². The van der Waals surface area contributed by atoms with Crippen LogP contribution in [0.1, 0.15) is 10.4 Å². The van der Waals surface area contributed by atoms with Crippen LogP contribution in [0.3, 0.4) is 0 Å². The lowest BCUT2D eigenvalue weighted by molar-refractivity contribution is -0.116. The Bertz CT molecular complexity index is 637. The minimum Gasteiger partial charge on any atom is -0.491 e. The monoisotopic (exact) mass is 365 g/mol. The SMILES string of the molecule is Cc1ccccc1OCCNC(=O)/C=C\c1ccc(Br)s1. The topological polar surface area (TPSA) is 38.3 Å². The van der Waals surface area contributed by atoms with Crippen molar-refractivity contribution >= 4 is 39.2 Å². The number of para-hydroxylation sites is 1. The van der Waals surface area contributed by atoms with Gasteiger partial charge < -0.3 is 10.1 Å². The van der Waals surface area contributed by atoms with Gasteiger partial charge in [-0.15, -0.1) is 11.3 Å². The summed E-state index contributed by atoms with van der Waals surface area (Å²) >= 11 is 4.97. The first kappa shape index (κ1) is 15.8. The molecule has 0 fully saturated rings. The number of aryl methyl sites for hydroxylation is 1. The normalized spacial score (nSPS) is 10.8. The highest BCUT2D eigenvalue weighted by molar-refractivity contribution is 9.11. The Labute approximate surface area is 136 Å². The molecule has 0 aliphatic heterocycles. The average molecular weight is 366 g/mol. The number of hydrogen-bond donors (Lipinski definition) is 1. The lowest BCUT2D eigenvalue weighted by Gasteiger charge is -2.08. The van der Waals surface area contributed by atoms with Gasteiger partial charge in [0.15, 0.2) is 0 Å². The molecule has 0 saturated heterocycles. The largest absolute Gasteiger partial charge is 0.491 e. The zero-order chi connectivity index (χ0) is 15.1. The van der Waals surface area contributed by atoms with Crippen LogP contribution in [0.2, 0.25) is 0 Å². The second-order valence-electron chi connectivity index (χ2n) is 4.38. The van der Waals surface area contributed by atoms with Crippen molar-refractivity contribution < 1.29 is 9.53 Å². The molecule has 1 amide bonds. The van der Waals surface area contributed by atoms with Gasteiger partial charge in [-0.1, -0.05) is 18.2 Å². The maximum Gasteiger partial charge on any atom is 0.244 e. The molecule has 0 spiro atoms. The van der Waals surface area contributed by atoms with Crippen molar-refractivity contribution in [3.8, 4) is 5.75 Å². The van der Waals surface area contributed by atoms with E-state index < -0.39 is 0 Å². The fraction of sp³-hybridized carbons (Fsp3) is 0.188. The third-order valence-electron chi connectivity index (χ3n) is 2.75. The van der Waals surface area contributed by atoms with Crippen molar-refractivity contribution in [2.45, 2.75) is 6.92 Å². The predicted molar refractivity (Wildman–Crippen MR) is 90.7 cm³/mol. The summed E-state index contributed by atoms with van der Waals surface area (Å²) < 4.78 is 6.66. The van der Waals surface area contributed by atoms with E-state index in [9.17, 15) is 4.79 Å². The Kier molecular flexibility index (Phi) is 6.02. The first-order valence-corrected chi connectivity index (χ1v) is 8.16. The summed E-state index contributed by atoms with van der Waals surface area (Å²) in [4.78, 5) is 12.7. The van der Waals surface area contributed by atoms with E-state index in [4.69, 9.17) is 4.74 Å². The van der Waals surface area contributed by atoms with Gasteiger partial charge in [-0.05, 0) is 52.7 Å². The van der Waals surface area contributed by atoms with Crippen LogP contribution in [0.15, 0.2) is 46.3 Å². The maximum atomic E-state index is 11.6. The molecular weight excluding hydrogens is 350 g/mol. The Morgan fingerprint density at radius 1 is 1.33 bits per heavy atom. The molecule has 0 unspecified atom stereocenters. The number of thiophene rings is 1. The van der Waals surface area contributed by atoms with E-state index in [0.29, 0.717) is 13.2 Å². The summed E-state index contributed by atoms with van der Waals surface area (Å²) in [5.74, 6) is 0.735. The summed E-state index contributed by atoms with van der Waals surface area (Å²) in [7, 11) is 0. The Morgan fingerprint density at radius 3 is 2.86 bits per heavy atom. The number of nitrogens with one attached hydrogen (secondary N) is 1. The molecule has 1 heterocycles. The summed E-state index contributed by atoms with van der Waals surface area (Å²) in [6.07, 6.45) is 3.33. The number of hydrogen-bond acceptors (Lipinski definition) is 3. The third-order valence-corrected chi connectivity index (χ3v) is 4.33. The molecule has 0 saturated carbocycles. The van der Waals surface area contributed by atoms with Crippen LogP contribution < -0.4 is 10.1 Å². The lowest BCUT2D eigenvalue weighted by Crippen LogP contribution is -2.26. The van der Waals surface area contributed by atoms with Gasteiger partial charge in [0.05, 0.1) is 10.3 Å². The Hall–Kier alpha value is -1.59. The molecular formula is C16H16BrNO2S. The molecule has 21 heavy (non-hydrogen) atoms. The van der Waals surface area contributed by atoms with Gasteiger partial charge in [-0.3, -0.25) is 4.79 Å². The van der Waals surface area contributed by atoms with Crippen molar-refractivity contribution in [3.05, 3.63) is 56.7 Å². The average Bonchev–Trinajstić information content (AvgIpc) is 2.89. The van der Waals surface area contributed by atoms with Crippen LogP contribution >= 0.6 is 27.3 Å². The number of carbonyl (C=O) groups is 1. The van der Waals surface area contributed by atoms with E-state index in [1.807, 2.05) is 43.3 Å². The van der Waals surface area contributed by atoms with E-state index >= 15 is 0 Å². The van der Waals surface area contributed by atoms with Crippen LogP contribution in [-0.4, -0.2) is 19.1 Å². The molecule has 0 radical (unpaired) electrons. The van der Waals surface area contributed by atoms with Gasteiger partial charge in [0.1, 0.15) is 12.4 Å². The quantitative estimate of drug-likeness (QED) is 0.619. The smallest absolute Gasteiger partial charge is 0.244 e. The summed E-state index contributed by atoms with van der Waals surface area (Å²) in [5.41, 5.74) is 1.09. The fourth-order valence-corrected chi connectivity index (χ4v) is 3.01. The van der Waals surface area contributed by atoms with Gasteiger partial charge in [0.2, 0.25) is 5.91 Å². The van der Waals surface area contributed by atoms with Crippen LogP contribution in [0.5, 0.6) is 5.75 Å². The summed E-state index contributed by atoms with van der Waals surface area (Å²) in [6, 6.07) is 11.7. The standard InChI is InChI=1S/C16H16BrNO2S/c1-12-4-2-3-5-14(12)20-11-10-18-16(19)9-7-13-6-8-15(17)21-13/h2-9H,10-11H2,1H3,(H,18,19)/b9-7-. The Morgan fingerprint density at radius 2 is 2.14 bits per heavy atom. The molecule has 0 aliphatic carbocycles. The molecule has 0 bridgehead atoms. The van der Waals surface area contributed by atoms with Gasteiger partial charge >= 0.3 is 0 Å². The molecule has 1 N–H and O–H groups in total. The highest BCUT2D eigenvalue weighted by Gasteiger charge is 1.99. The maximum absolute atomic E-state index is 11.6. The van der Waals surface area contributed by atoms with Crippen molar-refractivity contribution in [1.29, 1.82) is 0 Å². The molecule has 1 aromatic carbocycles. The van der Waals surface area contributed by atoms with E-state index in [0.717, 1.165) is 20.0 Å². The van der Waals surface area contributed by atoms with E-state index in [2.05, 4.69) is 21.2 Å². The van der Waals surface area contributed by atoms with Crippen LogP contribution in [0, 0.1) is 6.92 Å². The number of carbonyl (C=O) groups excluding carboxylic acids is 1. The van der Waals surface area contributed by atoms with Gasteiger partial charge in [-0.25, -0.2) is 0 Å². The molecule has 110 valence electrons. The zero-order valence-electron chi connectivity index (χ0n) is 11.6. The minimum atomic E-state index is -0.118. The van der Waals surface area contributed by atoms with Crippen LogP contribution in [-0.2, 0) is 4.79 Å². The van der Waals surface area contributed by atoms with Crippen molar-refractivity contribution in [3.63, 3.8) is 0 Å². The van der Waals surface area contributed by atoms with Gasteiger partial charge in [0, 0.05) is 11.0 Å². The molecule has 0 aliphatic rings. The molecule has 3 nitrogen and oxygen atoms in total. The first-order chi connectivity index (χ1) is 10.1. The predicted octanol–water partition coefficient (Wildman–Crippen LogP) is 4.03. The van der Waals surface area contributed by atoms with E-state index in [1.54, 1.807) is 17.4 Å². The number of benzene rings is 1. The van der Waals surface area contributed by atoms with Gasteiger partial charge in [0.25, 0.3) is 0 Å². The highest BCUT2D eigenvalue weighted by atomic mass is 79.9. The number of amides is 1. The number of halogens is 1. The molecule has 5 heteroatoms. The van der Waals surface area contributed by atoms with Gasteiger partial charge in [-0.2, -0.15) is 0 Å². The molecule has 2 aromatic rings. The lowest BCUT2D eigenvalue weighted by atomic mass is 10.2. The first-order valence-electron chi connectivity index (χ1n) is 6.55. The number of rotatable bonds is 6. The molecule has 1 aromatic heterocycles. The highest BCUT2D eigenvalue weighted by Crippen LogP contribution is 2.22. The zero-order valence-corrected chi connectivity index (χ0v) is 14.0. The third kappa shape index (κ3) is 5.36. The van der Waals surface area contributed by atoms with E-state index in [1.165, 1.54) is 6.08 Å². The Balaban J connectivity index is 1.70. The van der Waals surface area contributed by atoms with Crippen LogP contribution in [0.25, 0.3) is 6.08 Å². The minimum absolute atomic E-state index is 0.118. The summed E-state index contributed by atoms with van der Waals surface area (Å²) in [5, 5.41) is 2.79. The fourth-order valence-electron chi connectivity index (χ4n) is 1.69. The van der Waals surface area contributed by atoms with E-state index in [-0.39, 0.29) is 5.91 Å².